The van der Waals surface area contributed by atoms with Crippen LogP contribution in [0, 0.1) is 0 Å². The molecule has 5 rings (SSSR count). The van der Waals surface area contributed by atoms with Crippen LogP contribution >= 0.6 is 47.3 Å². The molecule has 1 aliphatic heterocycles. The van der Waals surface area contributed by atoms with Crippen molar-refractivity contribution in [2.75, 3.05) is 24.7 Å². The molecule has 208 valence electrons. The number of amides is 2. The number of hydrogen-bond acceptors (Lipinski definition) is 8. The Morgan fingerprint density at radius 1 is 1.10 bits per heavy atom. The van der Waals surface area contributed by atoms with Gasteiger partial charge in [-0.2, -0.15) is 0 Å². The van der Waals surface area contributed by atoms with Crippen LogP contribution in [0.2, 0.25) is 5.02 Å². The zero-order valence-corrected chi connectivity index (χ0v) is 24.9. The predicted octanol–water partition coefficient (Wildman–Crippen LogP) is 6.36. The number of carbonyl (C=O) groups is 3. The predicted molar refractivity (Wildman–Crippen MR) is 169 cm³/mol. The second-order valence-corrected chi connectivity index (χ2v) is 11.9. The number of nitrogens with zero attached hydrogens (tertiary/aromatic N) is 3. The third-order valence-corrected chi connectivity index (χ3v) is 8.64. The van der Waals surface area contributed by atoms with Crippen molar-refractivity contribution in [1.82, 2.24) is 14.5 Å². The van der Waals surface area contributed by atoms with Crippen molar-refractivity contribution in [3.05, 3.63) is 88.3 Å². The summed E-state index contributed by atoms with van der Waals surface area (Å²) in [6, 6.07) is 21.4. The number of hydrogen-bond donors (Lipinski definition) is 1. The summed E-state index contributed by atoms with van der Waals surface area (Å²) in [5.41, 5.74) is 2.72. The summed E-state index contributed by atoms with van der Waals surface area (Å²) in [5, 5.41) is 3.78. The number of methoxy groups -OCH3 is 1. The highest BCUT2D eigenvalue weighted by Gasteiger charge is 2.32. The van der Waals surface area contributed by atoms with E-state index in [9.17, 15) is 14.4 Å². The number of anilines is 1. The van der Waals surface area contributed by atoms with Crippen molar-refractivity contribution in [3.63, 3.8) is 0 Å². The van der Waals surface area contributed by atoms with Gasteiger partial charge in [0.25, 0.3) is 5.91 Å². The Kier molecular flexibility index (Phi) is 9.09. The molecule has 0 spiro atoms. The van der Waals surface area contributed by atoms with Crippen molar-refractivity contribution in [1.29, 1.82) is 0 Å². The molecule has 0 radical (unpaired) electrons. The quantitative estimate of drug-likeness (QED) is 0.131. The van der Waals surface area contributed by atoms with Crippen LogP contribution in [0.5, 0.6) is 5.75 Å². The van der Waals surface area contributed by atoms with Gasteiger partial charge in [0.1, 0.15) is 10.1 Å². The van der Waals surface area contributed by atoms with E-state index in [-0.39, 0.29) is 36.4 Å². The topological polar surface area (TPSA) is 93.5 Å². The maximum atomic E-state index is 13.5. The van der Waals surface area contributed by atoms with Gasteiger partial charge in [-0.15, -0.1) is 0 Å². The lowest BCUT2D eigenvalue weighted by atomic mass is 10.2. The summed E-state index contributed by atoms with van der Waals surface area (Å²) >= 11 is 13.7. The van der Waals surface area contributed by atoms with E-state index in [0.29, 0.717) is 36.1 Å². The van der Waals surface area contributed by atoms with Crippen LogP contribution in [0.25, 0.3) is 17.1 Å². The number of ether oxygens (including phenoxy) is 1. The largest absolute Gasteiger partial charge is 0.497 e. The van der Waals surface area contributed by atoms with Gasteiger partial charge in [0.05, 0.1) is 28.8 Å². The Morgan fingerprint density at radius 3 is 2.56 bits per heavy atom. The van der Waals surface area contributed by atoms with Gasteiger partial charge < -0.3 is 10.1 Å². The molecule has 1 saturated heterocycles. The highest BCUT2D eigenvalue weighted by Crippen LogP contribution is 2.33. The number of carbonyl (C=O) groups excluding carboxylic acids is 3. The fraction of sp³-hybridized carbons (Fsp3) is 0.138. The molecule has 0 bridgehead atoms. The van der Waals surface area contributed by atoms with Crippen LogP contribution in [-0.2, 0) is 9.59 Å². The number of nitrogens with one attached hydrogen (secondary N) is 1. The first kappa shape index (κ1) is 28.9. The smallest absolute Gasteiger partial charge is 0.266 e. The maximum Gasteiger partial charge on any atom is 0.266 e. The molecule has 8 nitrogen and oxygen atoms in total. The third-order valence-electron chi connectivity index (χ3n) is 6.08. The van der Waals surface area contributed by atoms with E-state index in [1.807, 2.05) is 42.5 Å². The van der Waals surface area contributed by atoms with E-state index in [0.717, 1.165) is 23.1 Å². The van der Waals surface area contributed by atoms with Gasteiger partial charge in [0.15, 0.2) is 5.16 Å². The molecule has 1 aromatic heterocycles. The molecule has 4 aromatic rings. The number of halogens is 1. The van der Waals surface area contributed by atoms with Crippen LogP contribution in [0.3, 0.4) is 0 Å². The first-order valence-corrected chi connectivity index (χ1v) is 15.0. The molecule has 12 heteroatoms. The lowest BCUT2D eigenvalue weighted by Crippen LogP contribution is -2.31. The van der Waals surface area contributed by atoms with Gasteiger partial charge in [0, 0.05) is 23.7 Å². The normalized spacial score (nSPS) is 14.2. The van der Waals surface area contributed by atoms with Gasteiger partial charge in [-0.25, -0.2) is 4.98 Å². The van der Waals surface area contributed by atoms with E-state index in [2.05, 4.69) is 10.3 Å². The SMILES string of the molecule is COc1ccc(C=C2SC(=S)N(CCC(=O)n3c(SCC(=O)Nc4ccc(Cl)cc4)nc4ccccc43)C2=O)cc1. The Balaban J connectivity index is 1.27. The first-order chi connectivity index (χ1) is 19.8. The summed E-state index contributed by atoms with van der Waals surface area (Å²) in [7, 11) is 1.59. The van der Waals surface area contributed by atoms with Crippen LogP contribution in [0.4, 0.5) is 5.69 Å². The average Bonchev–Trinajstić information content (AvgIpc) is 3.48. The fourth-order valence-corrected chi connectivity index (χ4v) is 6.32. The molecule has 0 unspecified atom stereocenters. The standard InChI is InChI=1S/C29H23ClN4O4S3/c1-38-21-12-6-18(7-13-21)16-24-27(37)33(29(39)41-24)15-14-26(36)34-23-5-3-2-4-22(23)32-28(34)40-17-25(35)31-20-10-8-19(30)9-11-20/h2-13,16H,14-15,17H2,1H3,(H,31,35). The molecule has 1 fully saturated rings. The number of benzene rings is 3. The number of thiocarbonyl (C=S) groups is 1. The molecular weight excluding hydrogens is 600 g/mol. The molecule has 2 heterocycles. The van der Waals surface area contributed by atoms with E-state index in [4.69, 9.17) is 28.6 Å². The first-order valence-electron chi connectivity index (χ1n) is 12.4. The fourth-order valence-electron chi connectivity index (χ4n) is 4.07. The molecule has 2 amide bonds. The number of imidazole rings is 1. The number of thioether (sulfide) groups is 2. The number of fused-ring (bicyclic) bond motifs is 1. The molecule has 1 aliphatic rings. The van der Waals surface area contributed by atoms with Gasteiger partial charge in [-0.3, -0.25) is 23.9 Å². The second-order valence-electron chi connectivity index (χ2n) is 8.81. The van der Waals surface area contributed by atoms with E-state index < -0.39 is 0 Å². The zero-order chi connectivity index (χ0) is 28.9. The monoisotopic (exact) mass is 622 g/mol. The second kappa shape index (κ2) is 12.9. The van der Waals surface area contributed by atoms with E-state index >= 15 is 0 Å². The summed E-state index contributed by atoms with van der Waals surface area (Å²) < 4.78 is 7.08. The number of para-hydroxylation sites is 2. The Labute approximate surface area is 255 Å². The van der Waals surface area contributed by atoms with Gasteiger partial charge in [-0.1, -0.05) is 71.6 Å². The molecule has 0 atom stereocenters. The molecule has 0 saturated carbocycles. The van der Waals surface area contributed by atoms with Gasteiger partial charge >= 0.3 is 0 Å². The summed E-state index contributed by atoms with van der Waals surface area (Å²) in [6.07, 6.45) is 1.79. The number of aromatic nitrogens is 2. The minimum atomic E-state index is -0.257. The van der Waals surface area contributed by atoms with Crippen LogP contribution < -0.4 is 10.1 Å². The average molecular weight is 623 g/mol. The lowest BCUT2D eigenvalue weighted by Gasteiger charge is -2.15. The Bertz CT molecular complexity index is 1670. The van der Waals surface area contributed by atoms with Crippen molar-refractivity contribution in [2.45, 2.75) is 11.6 Å². The zero-order valence-electron chi connectivity index (χ0n) is 21.7. The number of rotatable bonds is 9. The van der Waals surface area contributed by atoms with Gasteiger partial charge in [0.2, 0.25) is 11.8 Å². The maximum absolute atomic E-state index is 13.5. The molecule has 3 aromatic carbocycles. The molecule has 41 heavy (non-hydrogen) atoms. The molecule has 0 aliphatic carbocycles. The third kappa shape index (κ3) is 6.82. The van der Waals surface area contributed by atoms with Crippen LogP contribution in [0.1, 0.15) is 16.8 Å². The molecular formula is C29H23ClN4O4S3. The van der Waals surface area contributed by atoms with Crippen molar-refractivity contribution < 1.29 is 19.1 Å². The minimum absolute atomic E-state index is 0.0210. The van der Waals surface area contributed by atoms with Crippen molar-refractivity contribution >= 4 is 92.2 Å². The lowest BCUT2D eigenvalue weighted by molar-refractivity contribution is -0.122. The van der Waals surface area contributed by atoms with Crippen LogP contribution in [-0.4, -0.2) is 55.9 Å². The van der Waals surface area contributed by atoms with Crippen molar-refractivity contribution in [3.8, 4) is 5.75 Å². The Hall–Kier alpha value is -3.64. The Morgan fingerprint density at radius 2 is 1.83 bits per heavy atom. The minimum Gasteiger partial charge on any atom is -0.497 e. The van der Waals surface area contributed by atoms with Crippen LogP contribution in [0.15, 0.2) is 82.9 Å². The van der Waals surface area contributed by atoms with E-state index in [1.165, 1.54) is 21.2 Å². The summed E-state index contributed by atoms with van der Waals surface area (Å²) in [4.78, 5) is 45.7. The van der Waals surface area contributed by atoms with Crippen molar-refractivity contribution in [2.24, 2.45) is 0 Å². The van der Waals surface area contributed by atoms with Gasteiger partial charge in [-0.05, 0) is 60.2 Å². The highest BCUT2D eigenvalue weighted by atomic mass is 35.5. The summed E-state index contributed by atoms with van der Waals surface area (Å²) in [6.45, 7) is 0.122. The summed E-state index contributed by atoms with van der Waals surface area (Å²) in [5.74, 6) is 0.0222. The molecule has 1 N–H and O–H groups in total. The highest BCUT2D eigenvalue weighted by molar-refractivity contribution is 8.26. The van der Waals surface area contributed by atoms with E-state index in [1.54, 1.807) is 43.5 Å².